The van der Waals surface area contributed by atoms with Gasteiger partial charge in [-0.25, -0.2) is 0 Å². The van der Waals surface area contributed by atoms with Crippen LogP contribution in [0, 0.1) is 13.8 Å². The third-order valence-electron chi connectivity index (χ3n) is 2.36. The lowest BCUT2D eigenvalue weighted by molar-refractivity contribution is 0.289. The van der Waals surface area contributed by atoms with Gasteiger partial charge in [-0.1, -0.05) is 15.9 Å². The lowest BCUT2D eigenvalue weighted by Gasteiger charge is -2.15. The summed E-state index contributed by atoms with van der Waals surface area (Å²) >= 11 is 8.65. The number of thiocarbonyl (C=S) groups is 1. The van der Waals surface area contributed by atoms with Crippen LogP contribution in [0.5, 0.6) is 0 Å². The number of hydrogen-bond donors (Lipinski definition) is 3. The van der Waals surface area contributed by atoms with Crippen LogP contribution in [-0.4, -0.2) is 23.4 Å². The summed E-state index contributed by atoms with van der Waals surface area (Å²) in [6.07, 6.45) is 0.695. The van der Waals surface area contributed by atoms with Crippen molar-refractivity contribution in [1.29, 1.82) is 0 Å². The Labute approximate surface area is 116 Å². The van der Waals surface area contributed by atoms with Gasteiger partial charge >= 0.3 is 0 Å². The van der Waals surface area contributed by atoms with Gasteiger partial charge in [0.1, 0.15) is 0 Å². The van der Waals surface area contributed by atoms with Crippen LogP contribution in [-0.2, 0) is 0 Å². The van der Waals surface area contributed by atoms with Crippen molar-refractivity contribution >= 4 is 38.9 Å². The molecule has 0 atom stereocenters. The molecule has 0 saturated carbocycles. The molecule has 17 heavy (non-hydrogen) atoms. The molecule has 0 amide bonds. The number of hydrogen-bond acceptors (Lipinski definition) is 2. The van der Waals surface area contributed by atoms with Crippen molar-refractivity contribution < 1.29 is 5.11 Å². The van der Waals surface area contributed by atoms with Crippen LogP contribution >= 0.6 is 28.1 Å². The second kappa shape index (κ2) is 6.93. The van der Waals surface area contributed by atoms with Gasteiger partial charge < -0.3 is 15.7 Å². The predicted octanol–water partition coefficient (Wildman–Crippen LogP) is 2.73. The maximum Gasteiger partial charge on any atom is 0.170 e. The van der Waals surface area contributed by atoms with Crippen LogP contribution in [0.25, 0.3) is 0 Å². The van der Waals surface area contributed by atoms with Crippen LogP contribution in [0.2, 0.25) is 0 Å². The topological polar surface area (TPSA) is 44.3 Å². The standard InChI is InChI=1S/C12H17BrN2OS/c1-8-6-10(13)7-9(2)11(8)15-12(17)14-4-3-5-16/h6-7,16H,3-5H2,1-2H3,(H2,14,15,17). The van der Waals surface area contributed by atoms with Gasteiger partial charge in [0.15, 0.2) is 5.11 Å². The second-order valence-electron chi connectivity index (χ2n) is 3.87. The molecule has 0 heterocycles. The average molecular weight is 317 g/mol. The Morgan fingerprint density at radius 3 is 2.47 bits per heavy atom. The zero-order valence-electron chi connectivity index (χ0n) is 10.0. The van der Waals surface area contributed by atoms with E-state index in [1.165, 1.54) is 0 Å². The molecule has 1 rings (SSSR count). The van der Waals surface area contributed by atoms with Gasteiger partial charge in [-0.15, -0.1) is 0 Å². The number of aliphatic hydroxyl groups is 1. The number of halogens is 1. The van der Waals surface area contributed by atoms with Crippen LogP contribution in [0.3, 0.4) is 0 Å². The molecule has 3 nitrogen and oxygen atoms in total. The first kappa shape index (κ1) is 14.4. The van der Waals surface area contributed by atoms with Gasteiger partial charge in [0.25, 0.3) is 0 Å². The highest BCUT2D eigenvalue weighted by atomic mass is 79.9. The minimum atomic E-state index is 0.173. The zero-order valence-corrected chi connectivity index (χ0v) is 12.4. The molecular formula is C12H17BrN2OS. The van der Waals surface area contributed by atoms with Crippen molar-refractivity contribution in [1.82, 2.24) is 5.32 Å². The first-order valence-electron chi connectivity index (χ1n) is 5.47. The summed E-state index contributed by atoms with van der Waals surface area (Å²) in [5.41, 5.74) is 3.32. The minimum absolute atomic E-state index is 0.173. The molecule has 0 saturated heterocycles. The molecule has 0 radical (unpaired) electrons. The first-order chi connectivity index (χ1) is 8.04. The number of aryl methyl sites for hydroxylation is 2. The van der Waals surface area contributed by atoms with E-state index in [9.17, 15) is 0 Å². The summed E-state index contributed by atoms with van der Waals surface area (Å²) in [6, 6.07) is 4.09. The Kier molecular flexibility index (Phi) is 5.88. The summed E-state index contributed by atoms with van der Waals surface area (Å²) in [5, 5.41) is 15.5. The molecule has 0 aliphatic heterocycles. The molecule has 94 valence electrons. The van der Waals surface area contributed by atoms with Crippen molar-refractivity contribution in [3.8, 4) is 0 Å². The Bertz CT molecular complexity index is 386. The van der Waals surface area contributed by atoms with Crippen LogP contribution < -0.4 is 10.6 Å². The molecule has 0 fully saturated rings. The van der Waals surface area contributed by atoms with Gasteiger partial charge in [-0.2, -0.15) is 0 Å². The van der Waals surface area contributed by atoms with E-state index in [2.05, 4.69) is 26.6 Å². The first-order valence-corrected chi connectivity index (χ1v) is 6.67. The molecule has 0 unspecified atom stereocenters. The highest BCUT2D eigenvalue weighted by Crippen LogP contribution is 2.24. The number of aliphatic hydroxyl groups excluding tert-OH is 1. The third kappa shape index (κ3) is 4.61. The van der Waals surface area contributed by atoms with Crippen LogP contribution in [0.4, 0.5) is 5.69 Å². The van der Waals surface area contributed by atoms with E-state index >= 15 is 0 Å². The normalized spacial score (nSPS) is 10.1. The fourth-order valence-electron chi connectivity index (χ4n) is 1.55. The van der Waals surface area contributed by atoms with E-state index in [4.69, 9.17) is 17.3 Å². The van der Waals surface area contributed by atoms with E-state index in [0.717, 1.165) is 21.3 Å². The summed E-state index contributed by atoms with van der Waals surface area (Å²) in [6.45, 7) is 4.93. The molecule has 0 aliphatic carbocycles. The van der Waals surface area contributed by atoms with Gasteiger partial charge in [-0.3, -0.25) is 0 Å². The molecule has 0 aromatic heterocycles. The Balaban J connectivity index is 2.65. The number of rotatable bonds is 4. The van der Waals surface area contributed by atoms with E-state index in [1.807, 2.05) is 26.0 Å². The molecule has 0 spiro atoms. The molecule has 0 aliphatic rings. The molecule has 5 heteroatoms. The minimum Gasteiger partial charge on any atom is -0.396 e. The summed E-state index contributed by atoms with van der Waals surface area (Å²) in [5.74, 6) is 0. The second-order valence-corrected chi connectivity index (χ2v) is 5.20. The number of nitrogens with one attached hydrogen (secondary N) is 2. The number of anilines is 1. The largest absolute Gasteiger partial charge is 0.396 e. The summed E-state index contributed by atoms with van der Waals surface area (Å²) < 4.78 is 1.07. The zero-order chi connectivity index (χ0) is 12.8. The van der Waals surface area contributed by atoms with Gasteiger partial charge in [0.2, 0.25) is 0 Å². The summed E-state index contributed by atoms with van der Waals surface area (Å²) in [7, 11) is 0. The van der Waals surface area contributed by atoms with Gasteiger partial charge in [-0.05, 0) is 55.7 Å². The smallest absolute Gasteiger partial charge is 0.170 e. The van der Waals surface area contributed by atoms with Crippen LogP contribution in [0.15, 0.2) is 16.6 Å². The third-order valence-corrected chi connectivity index (χ3v) is 3.06. The summed E-state index contributed by atoms with van der Waals surface area (Å²) in [4.78, 5) is 0. The Morgan fingerprint density at radius 2 is 1.94 bits per heavy atom. The molecule has 3 N–H and O–H groups in total. The van der Waals surface area contributed by atoms with E-state index in [1.54, 1.807) is 0 Å². The Hall–Kier alpha value is -0.650. The maximum atomic E-state index is 8.68. The molecule has 0 bridgehead atoms. The average Bonchev–Trinajstić information content (AvgIpc) is 2.24. The van der Waals surface area contributed by atoms with E-state index in [-0.39, 0.29) is 6.61 Å². The quantitative estimate of drug-likeness (QED) is 0.590. The predicted molar refractivity (Wildman–Crippen MR) is 79.5 cm³/mol. The SMILES string of the molecule is Cc1cc(Br)cc(C)c1NC(=S)NCCCO. The fraction of sp³-hybridized carbons (Fsp3) is 0.417. The lowest BCUT2D eigenvalue weighted by Crippen LogP contribution is -2.30. The van der Waals surface area contributed by atoms with E-state index in [0.29, 0.717) is 18.1 Å². The van der Waals surface area contributed by atoms with Crippen LogP contribution in [0.1, 0.15) is 17.5 Å². The lowest BCUT2D eigenvalue weighted by atomic mass is 10.1. The Morgan fingerprint density at radius 1 is 1.35 bits per heavy atom. The van der Waals surface area contributed by atoms with Gasteiger partial charge in [0, 0.05) is 23.3 Å². The molecule has 1 aromatic rings. The van der Waals surface area contributed by atoms with Crippen molar-refractivity contribution in [2.45, 2.75) is 20.3 Å². The molecular weight excluding hydrogens is 300 g/mol. The monoisotopic (exact) mass is 316 g/mol. The maximum absolute atomic E-state index is 8.68. The van der Waals surface area contributed by atoms with Crippen molar-refractivity contribution in [2.24, 2.45) is 0 Å². The van der Waals surface area contributed by atoms with Crippen molar-refractivity contribution in [3.05, 3.63) is 27.7 Å². The highest BCUT2D eigenvalue weighted by Gasteiger charge is 2.05. The molecule has 1 aromatic carbocycles. The fourth-order valence-corrected chi connectivity index (χ4v) is 2.44. The highest BCUT2D eigenvalue weighted by molar-refractivity contribution is 9.10. The van der Waals surface area contributed by atoms with Crippen molar-refractivity contribution in [3.63, 3.8) is 0 Å². The number of benzene rings is 1. The van der Waals surface area contributed by atoms with Crippen molar-refractivity contribution in [2.75, 3.05) is 18.5 Å². The van der Waals surface area contributed by atoms with Gasteiger partial charge in [0.05, 0.1) is 0 Å². The van der Waals surface area contributed by atoms with E-state index < -0.39 is 0 Å².